The lowest BCUT2D eigenvalue weighted by atomic mass is 10.1. The van der Waals surface area contributed by atoms with Crippen molar-refractivity contribution in [3.8, 4) is 0 Å². The maximum absolute atomic E-state index is 12.8. The number of carbonyl (C=O) groups excluding carboxylic acids is 1. The summed E-state index contributed by atoms with van der Waals surface area (Å²) in [5.41, 5.74) is 3.60. The molecule has 29 heavy (non-hydrogen) atoms. The zero-order valence-corrected chi connectivity index (χ0v) is 19.0. The lowest BCUT2D eigenvalue weighted by Crippen LogP contribution is -2.49. The highest BCUT2D eigenvalue weighted by atomic mass is 35.5. The minimum atomic E-state index is -3.68. The molecule has 0 aromatic heterocycles. The van der Waals surface area contributed by atoms with Crippen LogP contribution in [0.5, 0.6) is 0 Å². The SMILES string of the molecule is CCC(C(=O)NCCCc1cccc(C)c1)N(c1cc(Cl)ccc1C)S(C)(=O)=O. The van der Waals surface area contributed by atoms with Gasteiger partial charge in [0.1, 0.15) is 6.04 Å². The van der Waals surface area contributed by atoms with Gasteiger partial charge in [-0.3, -0.25) is 9.10 Å². The van der Waals surface area contributed by atoms with Crippen LogP contribution in [0.15, 0.2) is 42.5 Å². The molecule has 0 spiro atoms. The van der Waals surface area contributed by atoms with E-state index in [0.717, 1.165) is 24.7 Å². The zero-order valence-electron chi connectivity index (χ0n) is 17.4. The number of nitrogens with zero attached hydrogens (tertiary/aromatic N) is 1. The van der Waals surface area contributed by atoms with Gasteiger partial charge < -0.3 is 5.32 Å². The number of hydrogen-bond acceptors (Lipinski definition) is 3. The summed E-state index contributed by atoms with van der Waals surface area (Å²) in [7, 11) is -3.68. The number of halogens is 1. The van der Waals surface area contributed by atoms with E-state index in [1.54, 1.807) is 32.0 Å². The fourth-order valence-electron chi connectivity index (χ4n) is 3.34. The van der Waals surface area contributed by atoms with E-state index >= 15 is 0 Å². The largest absolute Gasteiger partial charge is 0.354 e. The Morgan fingerprint density at radius 3 is 2.52 bits per heavy atom. The van der Waals surface area contributed by atoms with E-state index in [1.807, 2.05) is 6.07 Å². The van der Waals surface area contributed by atoms with E-state index in [9.17, 15) is 13.2 Å². The van der Waals surface area contributed by atoms with Crippen LogP contribution in [0.2, 0.25) is 5.02 Å². The molecule has 0 aliphatic rings. The summed E-state index contributed by atoms with van der Waals surface area (Å²) < 4.78 is 26.3. The molecular weight excluding hydrogens is 408 g/mol. The Hall–Kier alpha value is -2.05. The van der Waals surface area contributed by atoms with Crippen LogP contribution >= 0.6 is 11.6 Å². The van der Waals surface area contributed by atoms with E-state index in [4.69, 9.17) is 11.6 Å². The first-order valence-corrected chi connectivity index (χ1v) is 11.9. The number of hydrogen-bond donors (Lipinski definition) is 1. The van der Waals surface area contributed by atoms with Crippen LogP contribution < -0.4 is 9.62 Å². The Kier molecular flexibility index (Phi) is 8.11. The molecule has 5 nitrogen and oxygen atoms in total. The van der Waals surface area contributed by atoms with Gasteiger partial charge in [0, 0.05) is 11.6 Å². The number of amides is 1. The van der Waals surface area contributed by atoms with Crippen molar-refractivity contribution < 1.29 is 13.2 Å². The molecule has 1 atom stereocenters. The van der Waals surface area contributed by atoms with Crippen molar-refractivity contribution in [2.75, 3.05) is 17.1 Å². The number of aryl methyl sites for hydroxylation is 3. The fraction of sp³-hybridized carbons (Fsp3) is 0.409. The van der Waals surface area contributed by atoms with Crippen molar-refractivity contribution in [2.45, 2.75) is 46.1 Å². The van der Waals surface area contributed by atoms with Gasteiger partial charge in [0.25, 0.3) is 0 Å². The normalized spacial score (nSPS) is 12.4. The van der Waals surface area contributed by atoms with Gasteiger partial charge in [-0.05, 0) is 56.4 Å². The van der Waals surface area contributed by atoms with Crippen LogP contribution in [0, 0.1) is 13.8 Å². The smallest absolute Gasteiger partial charge is 0.243 e. The van der Waals surface area contributed by atoms with Crippen molar-refractivity contribution in [3.05, 3.63) is 64.2 Å². The number of rotatable bonds is 9. The molecule has 1 amide bonds. The first-order valence-electron chi connectivity index (χ1n) is 9.72. The van der Waals surface area contributed by atoms with Crippen LogP contribution in [0.25, 0.3) is 0 Å². The van der Waals surface area contributed by atoms with Gasteiger partial charge in [-0.2, -0.15) is 0 Å². The standard InChI is InChI=1S/C22H29ClN2O3S/c1-5-20(22(26)24-13-7-10-18-9-6-8-16(2)14-18)25(29(4,27)28)21-15-19(23)12-11-17(21)3/h6,8-9,11-12,14-15,20H,5,7,10,13H2,1-4H3,(H,24,26). The average molecular weight is 437 g/mol. The van der Waals surface area contributed by atoms with Gasteiger partial charge in [-0.1, -0.05) is 54.4 Å². The van der Waals surface area contributed by atoms with Gasteiger partial charge in [-0.25, -0.2) is 8.42 Å². The van der Waals surface area contributed by atoms with Crippen LogP contribution in [0.1, 0.15) is 36.5 Å². The second-order valence-corrected chi connectivity index (χ2v) is 9.59. The summed E-state index contributed by atoms with van der Waals surface area (Å²) in [6, 6.07) is 12.5. The predicted octanol–water partition coefficient (Wildman–Crippen LogP) is 4.25. The van der Waals surface area contributed by atoms with E-state index in [1.165, 1.54) is 15.4 Å². The molecule has 0 saturated heterocycles. The van der Waals surface area contributed by atoms with Crippen molar-refractivity contribution >= 4 is 33.2 Å². The molecule has 2 rings (SSSR count). The van der Waals surface area contributed by atoms with Crippen molar-refractivity contribution in [1.29, 1.82) is 0 Å². The summed E-state index contributed by atoms with van der Waals surface area (Å²) in [5, 5.41) is 3.32. The van der Waals surface area contributed by atoms with Crippen LogP contribution in [0.4, 0.5) is 5.69 Å². The average Bonchev–Trinajstić information content (AvgIpc) is 2.64. The van der Waals surface area contributed by atoms with Crippen LogP contribution in [-0.2, 0) is 21.2 Å². The zero-order chi connectivity index (χ0) is 21.6. The molecule has 0 aliphatic heterocycles. The molecule has 0 bridgehead atoms. The van der Waals surface area contributed by atoms with E-state index in [0.29, 0.717) is 23.7 Å². The van der Waals surface area contributed by atoms with E-state index in [2.05, 4.69) is 30.4 Å². The summed E-state index contributed by atoms with van der Waals surface area (Å²) in [4.78, 5) is 12.8. The predicted molar refractivity (Wildman–Crippen MR) is 120 cm³/mol. The molecule has 0 saturated carbocycles. The first kappa shape index (κ1) is 23.2. The lowest BCUT2D eigenvalue weighted by Gasteiger charge is -2.31. The van der Waals surface area contributed by atoms with Crippen molar-refractivity contribution in [1.82, 2.24) is 5.32 Å². The van der Waals surface area contributed by atoms with E-state index < -0.39 is 16.1 Å². The molecule has 2 aromatic carbocycles. The first-order chi connectivity index (χ1) is 13.6. The molecule has 1 N–H and O–H groups in total. The van der Waals surface area contributed by atoms with Gasteiger partial charge in [0.15, 0.2) is 0 Å². The monoisotopic (exact) mass is 436 g/mol. The molecule has 158 valence electrons. The number of anilines is 1. The van der Waals surface area contributed by atoms with E-state index in [-0.39, 0.29) is 5.91 Å². The van der Waals surface area contributed by atoms with Gasteiger partial charge in [0.05, 0.1) is 11.9 Å². The van der Waals surface area contributed by atoms with Crippen LogP contribution in [0.3, 0.4) is 0 Å². The molecule has 7 heteroatoms. The third-order valence-corrected chi connectivity index (χ3v) is 6.16. The third kappa shape index (κ3) is 6.47. The molecule has 0 heterocycles. The maximum atomic E-state index is 12.8. The van der Waals surface area contributed by atoms with Gasteiger partial charge in [-0.15, -0.1) is 0 Å². The highest BCUT2D eigenvalue weighted by Gasteiger charge is 2.32. The number of nitrogens with one attached hydrogen (secondary N) is 1. The number of sulfonamides is 1. The Balaban J connectivity index is 2.11. The van der Waals surface area contributed by atoms with Crippen LogP contribution in [-0.4, -0.2) is 33.2 Å². The molecular formula is C22H29ClN2O3S. The number of carbonyl (C=O) groups is 1. The summed E-state index contributed by atoms with van der Waals surface area (Å²) in [6.45, 7) is 6.13. The minimum Gasteiger partial charge on any atom is -0.354 e. The van der Waals surface area contributed by atoms with Crippen molar-refractivity contribution in [3.63, 3.8) is 0 Å². The Morgan fingerprint density at radius 2 is 1.90 bits per heavy atom. The quantitative estimate of drug-likeness (QED) is 0.597. The topological polar surface area (TPSA) is 66.5 Å². The second-order valence-electron chi connectivity index (χ2n) is 7.30. The molecule has 0 radical (unpaired) electrons. The minimum absolute atomic E-state index is 0.304. The molecule has 0 fully saturated rings. The van der Waals surface area contributed by atoms with Gasteiger partial charge in [0.2, 0.25) is 15.9 Å². The molecule has 2 aromatic rings. The lowest BCUT2D eigenvalue weighted by molar-refractivity contribution is -0.122. The second kappa shape index (κ2) is 10.1. The Bertz CT molecular complexity index is 960. The van der Waals surface area contributed by atoms with Crippen molar-refractivity contribution in [2.24, 2.45) is 0 Å². The third-order valence-electron chi connectivity index (χ3n) is 4.76. The Labute approximate surface area is 179 Å². The highest BCUT2D eigenvalue weighted by Crippen LogP contribution is 2.29. The number of benzene rings is 2. The maximum Gasteiger partial charge on any atom is 0.243 e. The summed E-state index contributed by atoms with van der Waals surface area (Å²) in [6.07, 6.45) is 3.09. The van der Waals surface area contributed by atoms with Gasteiger partial charge >= 0.3 is 0 Å². The molecule has 1 unspecified atom stereocenters. The highest BCUT2D eigenvalue weighted by molar-refractivity contribution is 7.92. The Morgan fingerprint density at radius 1 is 1.17 bits per heavy atom. The summed E-state index contributed by atoms with van der Waals surface area (Å²) >= 11 is 6.09. The summed E-state index contributed by atoms with van der Waals surface area (Å²) in [5.74, 6) is -0.304. The fourth-order valence-corrected chi connectivity index (χ4v) is 4.77. The molecule has 0 aliphatic carbocycles.